The Labute approximate surface area is 89.9 Å². The largest absolute Gasteiger partial charge is 0.488 e. The quantitative estimate of drug-likeness (QED) is 0.645. The molecule has 0 bridgehead atoms. The number of anilines is 1. The first-order valence-electron chi connectivity index (χ1n) is 5.00. The zero-order valence-corrected chi connectivity index (χ0v) is 9.24. The lowest BCUT2D eigenvalue weighted by atomic mass is 10.1. The normalized spacial score (nSPS) is 19.1. The lowest BCUT2D eigenvalue weighted by Gasteiger charge is -2.33. The van der Waals surface area contributed by atoms with E-state index in [0.29, 0.717) is 6.61 Å². The van der Waals surface area contributed by atoms with Gasteiger partial charge < -0.3 is 9.64 Å². The Morgan fingerprint density at radius 3 is 2.87 bits per heavy atom. The highest BCUT2D eigenvalue weighted by atomic mass is 16.5. The van der Waals surface area contributed by atoms with Crippen LogP contribution in [0.5, 0.6) is 5.75 Å². The van der Waals surface area contributed by atoms with Crippen molar-refractivity contribution in [3.8, 4) is 11.8 Å². The summed E-state index contributed by atoms with van der Waals surface area (Å²) < 4.78 is 5.62. The number of benzene rings is 1. The third-order valence-electron chi connectivity index (χ3n) is 2.78. The molecule has 1 aromatic carbocycles. The minimum absolute atomic E-state index is 0.182. The van der Waals surface area contributed by atoms with E-state index in [1.54, 1.807) is 0 Å². The number of hydrogen-bond donors (Lipinski definition) is 0. The Bertz CT molecular complexity index is 434. The number of aryl methyl sites for hydroxylation is 2. The fourth-order valence-electron chi connectivity index (χ4n) is 1.95. The number of rotatable bonds is 0. The zero-order chi connectivity index (χ0) is 11.0. The van der Waals surface area contributed by atoms with Crippen molar-refractivity contribution in [3.05, 3.63) is 23.3 Å². The van der Waals surface area contributed by atoms with Crippen molar-refractivity contribution in [3.63, 3.8) is 0 Å². The molecule has 1 heterocycles. The molecule has 0 amide bonds. The van der Waals surface area contributed by atoms with Crippen LogP contribution in [-0.2, 0) is 0 Å². The van der Waals surface area contributed by atoms with Crippen LogP contribution in [-0.4, -0.2) is 19.7 Å². The molecule has 0 aromatic heterocycles. The van der Waals surface area contributed by atoms with Gasteiger partial charge in [-0.05, 0) is 31.0 Å². The number of fused-ring (bicyclic) bond motifs is 1. The maximum atomic E-state index is 8.95. The van der Waals surface area contributed by atoms with Crippen LogP contribution >= 0.6 is 0 Å². The first kappa shape index (κ1) is 9.85. The van der Waals surface area contributed by atoms with E-state index in [2.05, 4.69) is 25.1 Å². The summed E-state index contributed by atoms with van der Waals surface area (Å²) in [5.74, 6) is 0.912. The zero-order valence-electron chi connectivity index (χ0n) is 9.24. The molecule has 1 atom stereocenters. The molecule has 0 saturated carbocycles. The monoisotopic (exact) mass is 202 g/mol. The average molecular weight is 202 g/mol. The summed E-state index contributed by atoms with van der Waals surface area (Å²) in [4.78, 5) is 1.98. The Kier molecular flexibility index (Phi) is 2.28. The molecule has 0 spiro atoms. The van der Waals surface area contributed by atoms with E-state index in [9.17, 15) is 0 Å². The maximum absolute atomic E-state index is 8.95. The average Bonchev–Trinajstić information content (AvgIpc) is 2.19. The highest BCUT2D eigenvalue weighted by Gasteiger charge is 2.25. The lowest BCUT2D eigenvalue weighted by Crippen LogP contribution is -2.39. The van der Waals surface area contributed by atoms with Crippen molar-refractivity contribution in [1.29, 1.82) is 5.26 Å². The molecular formula is C12H14N2O. The van der Waals surface area contributed by atoms with Crippen molar-refractivity contribution in [2.75, 3.05) is 18.6 Å². The van der Waals surface area contributed by atoms with Gasteiger partial charge >= 0.3 is 0 Å². The van der Waals surface area contributed by atoms with E-state index < -0.39 is 0 Å². The molecule has 15 heavy (non-hydrogen) atoms. The SMILES string of the molecule is Cc1cc(C)c2c(c1)N(C)C(C#N)CO2. The minimum Gasteiger partial charge on any atom is -0.488 e. The molecule has 0 saturated heterocycles. The Balaban J connectivity index is 2.52. The molecule has 1 aromatic rings. The number of likely N-dealkylation sites (N-methyl/N-ethyl adjacent to an activating group) is 1. The van der Waals surface area contributed by atoms with Crippen molar-refractivity contribution in [2.45, 2.75) is 19.9 Å². The van der Waals surface area contributed by atoms with E-state index in [1.807, 2.05) is 18.9 Å². The Hall–Kier alpha value is -1.69. The van der Waals surface area contributed by atoms with Gasteiger partial charge in [0.25, 0.3) is 0 Å². The minimum atomic E-state index is -0.182. The van der Waals surface area contributed by atoms with Gasteiger partial charge in [0.2, 0.25) is 0 Å². The third kappa shape index (κ3) is 1.52. The summed E-state index contributed by atoms with van der Waals surface area (Å²) in [6, 6.07) is 6.21. The van der Waals surface area contributed by atoms with Crippen LogP contribution in [0.2, 0.25) is 0 Å². The van der Waals surface area contributed by atoms with Gasteiger partial charge in [0.1, 0.15) is 12.4 Å². The molecule has 3 nitrogen and oxygen atoms in total. The van der Waals surface area contributed by atoms with Crippen LogP contribution in [0.25, 0.3) is 0 Å². The van der Waals surface area contributed by atoms with Crippen molar-refractivity contribution >= 4 is 5.69 Å². The van der Waals surface area contributed by atoms with Gasteiger partial charge in [-0.3, -0.25) is 0 Å². The predicted molar refractivity (Wildman–Crippen MR) is 59.2 cm³/mol. The highest BCUT2D eigenvalue weighted by Crippen LogP contribution is 2.36. The molecule has 0 aliphatic carbocycles. The molecule has 3 heteroatoms. The van der Waals surface area contributed by atoms with E-state index >= 15 is 0 Å². The van der Waals surface area contributed by atoms with Gasteiger partial charge in [0.15, 0.2) is 6.04 Å². The first-order valence-corrected chi connectivity index (χ1v) is 5.00. The van der Waals surface area contributed by atoms with Crippen LogP contribution < -0.4 is 9.64 Å². The fraction of sp³-hybridized carbons (Fsp3) is 0.417. The number of nitrogens with zero attached hydrogens (tertiary/aromatic N) is 2. The molecular weight excluding hydrogens is 188 g/mol. The summed E-state index contributed by atoms with van der Waals surface area (Å²) >= 11 is 0. The predicted octanol–water partition coefficient (Wildman–Crippen LogP) is 2.02. The van der Waals surface area contributed by atoms with Gasteiger partial charge in [0, 0.05) is 7.05 Å². The topological polar surface area (TPSA) is 36.3 Å². The Morgan fingerprint density at radius 2 is 2.20 bits per heavy atom. The van der Waals surface area contributed by atoms with E-state index in [0.717, 1.165) is 17.0 Å². The van der Waals surface area contributed by atoms with Crippen LogP contribution in [0.1, 0.15) is 11.1 Å². The summed E-state index contributed by atoms with van der Waals surface area (Å²) in [5, 5.41) is 8.95. The third-order valence-corrected chi connectivity index (χ3v) is 2.78. The van der Waals surface area contributed by atoms with Crippen LogP contribution in [0.4, 0.5) is 5.69 Å². The summed E-state index contributed by atoms with van der Waals surface area (Å²) in [7, 11) is 1.94. The van der Waals surface area contributed by atoms with Gasteiger partial charge in [0.05, 0.1) is 11.8 Å². The lowest BCUT2D eigenvalue weighted by molar-refractivity contribution is 0.287. The summed E-state index contributed by atoms with van der Waals surface area (Å²) in [5.41, 5.74) is 3.35. The van der Waals surface area contributed by atoms with Crippen LogP contribution in [0, 0.1) is 25.2 Å². The molecule has 0 radical (unpaired) electrons. The second-order valence-electron chi connectivity index (χ2n) is 4.00. The molecule has 1 aliphatic rings. The standard InChI is InChI=1S/C12H14N2O/c1-8-4-9(2)12-11(5-8)14(3)10(6-13)7-15-12/h4-5,10H,7H2,1-3H3. The second kappa shape index (κ2) is 3.47. The van der Waals surface area contributed by atoms with Gasteiger partial charge in [-0.2, -0.15) is 5.26 Å². The van der Waals surface area contributed by atoms with Crippen molar-refractivity contribution in [1.82, 2.24) is 0 Å². The molecule has 1 unspecified atom stereocenters. The molecule has 0 N–H and O–H groups in total. The Morgan fingerprint density at radius 1 is 1.47 bits per heavy atom. The number of nitriles is 1. The van der Waals surface area contributed by atoms with Crippen molar-refractivity contribution in [2.24, 2.45) is 0 Å². The smallest absolute Gasteiger partial charge is 0.151 e. The number of hydrogen-bond acceptors (Lipinski definition) is 3. The highest BCUT2D eigenvalue weighted by molar-refractivity contribution is 5.65. The van der Waals surface area contributed by atoms with Crippen molar-refractivity contribution < 1.29 is 4.74 Å². The first-order chi connectivity index (χ1) is 7.13. The molecule has 78 valence electrons. The molecule has 0 fully saturated rings. The summed E-state index contributed by atoms with van der Waals surface area (Å²) in [6.45, 7) is 4.54. The van der Waals surface area contributed by atoms with Gasteiger partial charge in [-0.15, -0.1) is 0 Å². The van der Waals surface area contributed by atoms with Gasteiger partial charge in [-0.25, -0.2) is 0 Å². The van der Waals surface area contributed by atoms with E-state index in [4.69, 9.17) is 10.00 Å². The van der Waals surface area contributed by atoms with Crippen LogP contribution in [0.15, 0.2) is 12.1 Å². The fourth-order valence-corrected chi connectivity index (χ4v) is 1.95. The van der Waals surface area contributed by atoms with E-state index in [-0.39, 0.29) is 6.04 Å². The molecule has 1 aliphatic heterocycles. The van der Waals surface area contributed by atoms with Gasteiger partial charge in [-0.1, -0.05) is 6.07 Å². The second-order valence-corrected chi connectivity index (χ2v) is 4.00. The summed E-state index contributed by atoms with van der Waals surface area (Å²) in [6.07, 6.45) is 0. The maximum Gasteiger partial charge on any atom is 0.151 e. The molecule has 2 rings (SSSR count). The van der Waals surface area contributed by atoms with E-state index in [1.165, 1.54) is 5.56 Å². The van der Waals surface area contributed by atoms with Crippen LogP contribution in [0.3, 0.4) is 0 Å². The number of ether oxygens (including phenoxy) is 1.